The summed E-state index contributed by atoms with van der Waals surface area (Å²) in [4.78, 5) is 1.37. The molecule has 0 N–H and O–H groups in total. The molecule has 0 unspecified atom stereocenters. The van der Waals surface area contributed by atoms with Crippen LogP contribution in [0.15, 0.2) is 78.9 Å². The summed E-state index contributed by atoms with van der Waals surface area (Å²) < 4.78 is 7.44. The largest absolute Gasteiger partial charge is 0.457 e. The van der Waals surface area contributed by atoms with Crippen LogP contribution in [0, 0.1) is 0 Å². The van der Waals surface area contributed by atoms with Gasteiger partial charge in [0, 0.05) is 20.7 Å². The van der Waals surface area contributed by atoms with Crippen molar-refractivity contribution in [3.05, 3.63) is 94.9 Å². The van der Waals surface area contributed by atoms with Crippen LogP contribution in [-0.2, 0) is 0 Å². The Morgan fingerprint density at radius 2 is 1.30 bits per heavy atom. The van der Waals surface area contributed by atoms with Crippen LogP contribution >= 0.6 is 11.3 Å². The van der Waals surface area contributed by atoms with E-state index in [4.69, 9.17) is 4.74 Å². The van der Waals surface area contributed by atoms with Gasteiger partial charge in [-0.2, -0.15) is 0 Å². The average Bonchev–Trinajstić information content (AvgIpc) is 3.03. The molecule has 0 saturated heterocycles. The van der Waals surface area contributed by atoms with E-state index in [-0.39, 0.29) is 5.92 Å². The van der Waals surface area contributed by atoms with E-state index in [0.29, 0.717) is 0 Å². The Labute approximate surface area is 138 Å². The minimum Gasteiger partial charge on any atom is -0.457 e. The molecule has 3 aromatic carbocycles. The van der Waals surface area contributed by atoms with Crippen molar-refractivity contribution >= 4 is 21.4 Å². The molecule has 0 saturated carbocycles. The number of benzene rings is 3. The van der Waals surface area contributed by atoms with Gasteiger partial charge in [-0.05, 0) is 29.7 Å². The number of hydrogen-bond donors (Lipinski definition) is 0. The monoisotopic (exact) mass is 314 g/mol. The van der Waals surface area contributed by atoms with Crippen molar-refractivity contribution < 1.29 is 4.74 Å². The lowest BCUT2D eigenvalue weighted by Gasteiger charge is -2.27. The van der Waals surface area contributed by atoms with Crippen LogP contribution in [-0.4, -0.2) is 0 Å². The van der Waals surface area contributed by atoms with Gasteiger partial charge in [0.25, 0.3) is 0 Å². The molecule has 1 aliphatic heterocycles. The van der Waals surface area contributed by atoms with E-state index in [9.17, 15) is 0 Å². The Balaban J connectivity index is 1.78. The molecule has 0 fully saturated rings. The number of fused-ring (bicyclic) bond motifs is 3. The first-order chi connectivity index (χ1) is 11.4. The molecule has 1 aliphatic rings. The minimum atomic E-state index is 0.244. The van der Waals surface area contributed by atoms with Crippen molar-refractivity contribution in [1.29, 1.82) is 0 Å². The number of thiophene rings is 1. The standard InChI is InChI=1S/C21H14OS/c1-6-12-19-14(7-1)13-20(23-19)21-15-8-2-4-10-17(15)22-18-11-5-3-9-16(18)21/h1-13,21H. The third-order valence-electron chi connectivity index (χ3n) is 4.41. The Morgan fingerprint density at radius 3 is 2.00 bits per heavy atom. The van der Waals surface area contributed by atoms with Crippen molar-refractivity contribution in [2.45, 2.75) is 5.92 Å². The predicted octanol–water partition coefficient (Wildman–Crippen LogP) is 6.19. The number of rotatable bonds is 1. The second-order valence-corrected chi connectivity index (χ2v) is 6.91. The van der Waals surface area contributed by atoms with Gasteiger partial charge in [0.15, 0.2) is 0 Å². The lowest BCUT2D eigenvalue weighted by atomic mass is 9.87. The summed E-state index contributed by atoms with van der Waals surface area (Å²) in [6.07, 6.45) is 0. The minimum absolute atomic E-state index is 0.244. The first-order valence-electron chi connectivity index (χ1n) is 7.74. The third-order valence-corrected chi connectivity index (χ3v) is 5.59. The van der Waals surface area contributed by atoms with Gasteiger partial charge in [0.05, 0.1) is 5.92 Å². The fraction of sp³-hybridized carbons (Fsp3) is 0.0476. The zero-order valence-electron chi connectivity index (χ0n) is 12.4. The molecule has 0 bridgehead atoms. The summed E-state index contributed by atoms with van der Waals surface area (Å²) >= 11 is 1.88. The van der Waals surface area contributed by atoms with Gasteiger partial charge in [-0.3, -0.25) is 0 Å². The molecule has 23 heavy (non-hydrogen) atoms. The third kappa shape index (κ3) is 1.99. The highest BCUT2D eigenvalue weighted by Crippen LogP contribution is 2.49. The van der Waals surface area contributed by atoms with Gasteiger partial charge in [-0.25, -0.2) is 0 Å². The zero-order valence-corrected chi connectivity index (χ0v) is 13.2. The second kappa shape index (κ2) is 4.97. The summed E-state index contributed by atoms with van der Waals surface area (Å²) in [6, 6.07) is 27.7. The van der Waals surface area contributed by atoms with Gasteiger partial charge < -0.3 is 4.74 Å². The molecule has 0 radical (unpaired) electrons. The number of ether oxygens (including phenoxy) is 1. The molecule has 1 aromatic heterocycles. The van der Waals surface area contributed by atoms with E-state index in [1.54, 1.807) is 0 Å². The van der Waals surface area contributed by atoms with Crippen LogP contribution < -0.4 is 4.74 Å². The van der Waals surface area contributed by atoms with E-state index >= 15 is 0 Å². The lowest BCUT2D eigenvalue weighted by Crippen LogP contribution is -2.10. The first kappa shape index (κ1) is 12.9. The number of hydrogen-bond acceptors (Lipinski definition) is 2. The Morgan fingerprint density at radius 1 is 0.696 bits per heavy atom. The van der Waals surface area contributed by atoms with Gasteiger partial charge in [0.2, 0.25) is 0 Å². The van der Waals surface area contributed by atoms with Gasteiger partial charge in [-0.1, -0.05) is 54.6 Å². The zero-order chi connectivity index (χ0) is 15.2. The molecule has 4 aromatic rings. The quantitative estimate of drug-likeness (QED) is 0.358. The maximum atomic E-state index is 6.11. The highest BCUT2D eigenvalue weighted by atomic mass is 32.1. The van der Waals surface area contributed by atoms with Crippen molar-refractivity contribution in [3.63, 3.8) is 0 Å². The summed E-state index contributed by atoms with van der Waals surface area (Å²) in [5.41, 5.74) is 2.50. The topological polar surface area (TPSA) is 9.23 Å². The highest BCUT2D eigenvalue weighted by Gasteiger charge is 2.29. The summed E-state index contributed by atoms with van der Waals surface area (Å²) in [7, 11) is 0. The molecule has 110 valence electrons. The van der Waals surface area contributed by atoms with Gasteiger partial charge in [0.1, 0.15) is 11.5 Å². The van der Waals surface area contributed by atoms with Gasteiger partial charge >= 0.3 is 0 Å². The lowest BCUT2D eigenvalue weighted by molar-refractivity contribution is 0.453. The Kier molecular flexibility index (Phi) is 2.79. The maximum Gasteiger partial charge on any atom is 0.131 e. The van der Waals surface area contributed by atoms with Crippen molar-refractivity contribution in [2.24, 2.45) is 0 Å². The summed E-state index contributed by atoms with van der Waals surface area (Å²) in [6.45, 7) is 0. The average molecular weight is 314 g/mol. The maximum absolute atomic E-state index is 6.11. The van der Waals surface area contributed by atoms with Crippen LogP contribution in [0.2, 0.25) is 0 Å². The molecule has 0 amide bonds. The molecule has 0 aliphatic carbocycles. The van der Waals surface area contributed by atoms with Crippen molar-refractivity contribution in [2.75, 3.05) is 0 Å². The van der Waals surface area contributed by atoms with Crippen LogP contribution in [0.1, 0.15) is 21.9 Å². The second-order valence-electron chi connectivity index (χ2n) is 5.80. The molecule has 2 heterocycles. The Bertz CT molecular complexity index is 936. The molecule has 2 heteroatoms. The SMILES string of the molecule is c1ccc2c(c1)Oc1ccccc1C2c1cc2ccccc2s1. The molecular formula is C21H14OS. The summed E-state index contributed by atoms with van der Waals surface area (Å²) in [5, 5.41) is 1.31. The first-order valence-corrected chi connectivity index (χ1v) is 8.56. The van der Waals surface area contributed by atoms with E-state index in [1.807, 2.05) is 23.5 Å². The smallest absolute Gasteiger partial charge is 0.131 e. The van der Waals surface area contributed by atoms with Crippen LogP contribution in [0.5, 0.6) is 11.5 Å². The van der Waals surface area contributed by atoms with Crippen LogP contribution in [0.25, 0.3) is 10.1 Å². The van der Waals surface area contributed by atoms with Crippen LogP contribution in [0.4, 0.5) is 0 Å². The van der Waals surface area contributed by atoms with Crippen LogP contribution in [0.3, 0.4) is 0 Å². The van der Waals surface area contributed by atoms with E-state index in [0.717, 1.165) is 11.5 Å². The molecule has 1 nitrogen and oxygen atoms in total. The van der Waals surface area contributed by atoms with E-state index < -0.39 is 0 Å². The summed E-state index contributed by atoms with van der Waals surface area (Å²) in [5.74, 6) is 2.18. The molecule has 0 spiro atoms. The predicted molar refractivity (Wildman–Crippen MR) is 95.7 cm³/mol. The normalized spacial score (nSPS) is 13.4. The number of para-hydroxylation sites is 2. The van der Waals surface area contributed by atoms with Crippen molar-refractivity contribution in [1.82, 2.24) is 0 Å². The fourth-order valence-electron chi connectivity index (χ4n) is 3.36. The molecule has 5 rings (SSSR count). The highest BCUT2D eigenvalue weighted by molar-refractivity contribution is 7.19. The fourth-order valence-corrected chi connectivity index (χ4v) is 4.56. The van der Waals surface area contributed by atoms with Gasteiger partial charge in [-0.15, -0.1) is 11.3 Å². The van der Waals surface area contributed by atoms with Crippen molar-refractivity contribution in [3.8, 4) is 11.5 Å². The Hall–Kier alpha value is -2.58. The molecule has 0 atom stereocenters. The molecular weight excluding hydrogens is 300 g/mol. The van der Waals surface area contributed by atoms with E-state index in [1.165, 1.54) is 26.1 Å². The van der Waals surface area contributed by atoms with E-state index in [2.05, 4.69) is 66.7 Å².